The first-order valence-corrected chi connectivity index (χ1v) is 21.3. The van der Waals surface area contributed by atoms with Gasteiger partial charge in [0.15, 0.2) is 0 Å². The molecule has 0 unspecified atom stereocenters. The highest BCUT2D eigenvalue weighted by atomic mass is 14.7. The second-order valence-corrected chi connectivity index (χ2v) is 16.4. The molecule has 11 aromatic carbocycles. The SMILES string of the molecule is c1ccc(-c2ccc(-c3cc4c(-c5ccc6c7ccccc7c7ccccc7c6c5)cc(-c5ccc6c7ccccc7c7ccccc7c6c5)nc4c4ccccc34)cc2)nc1. The van der Waals surface area contributed by atoms with Gasteiger partial charge in [0.1, 0.15) is 0 Å². The third-order valence-corrected chi connectivity index (χ3v) is 13.1. The average molecular weight is 785 g/mol. The number of aromatic nitrogens is 2. The lowest BCUT2D eigenvalue weighted by Crippen LogP contribution is -1.94. The molecule has 0 atom stereocenters. The van der Waals surface area contributed by atoms with Crippen LogP contribution in [0.15, 0.2) is 219 Å². The van der Waals surface area contributed by atoms with Crippen molar-refractivity contribution in [3.05, 3.63) is 219 Å². The molecule has 0 aliphatic heterocycles. The van der Waals surface area contributed by atoms with Crippen molar-refractivity contribution in [2.24, 2.45) is 0 Å². The van der Waals surface area contributed by atoms with Crippen LogP contribution in [0.2, 0.25) is 0 Å². The fourth-order valence-corrected chi connectivity index (χ4v) is 10.2. The number of hydrogen-bond acceptors (Lipinski definition) is 2. The molecule has 2 heteroatoms. The van der Waals surface area contributed by atoms with Gasteiger partial charge in [0.25, 0.3) is 0 Å². The smallest absolute Gasteiger partial charge is 0.0794 e. The quantitative estimate of drug-likeness (QED) is 0.166. The van der Waals surface area contributed by atoms with E-state index in [1.165, 1.54) is 75.6 Å². The molecule has 2 aromatic heterocycles. The Morgan fingerprint density at radius 3 is 1.16 bits per heavy atom. The van der Waals surface area contributed by atoms with E-state index in [0.717, 1.165) is 55.5 Å². The Bertz CT molecular complexity index is 3890. The van der Waals surface area contributed by atoms with Crippen molar-refractivity contribution >= 4 is 86.3 Å². The van der Waals surface area contributed by atoms with Gasteiger partial charge < -0.3 is 0 Å². The predicted molar refractivity (Wildman–Crippen MR) is 264 cm³/mol. The summed E-state index contributed by atoms with van der Waals surface area (Å²) in [5, 5.41) is 18.6. The van der Waals surface area contributed by atoms with E-state index in [0.29, 0.717) is 0 Å². The summed E-state index contributed by atoms with van der Waals surface area (Å²) >= 11 is 0. The van der Waals surface area contributed by atoms with E-state index in [1.54, 1.807) is 0 Å². The normalized spacial score (nSPS) is 11.9. The fraction of sp³-hybridized carbons (Fsp3) is 0. The predicted octanol–water partition coefficient (Wildman–Crippen LogP) is 16.4. The molecule has 0 aliphatic rings. The Balaban J connectivity index is 1.11. The molecular formula is C60H36N2. The summed E-state index contributed by atoms with van der Waals surface area (Å²) in [6.45, 7) is 0. The minimum atomic E-state index is 0.952. The topological polar surface area (TPSA) is 25.8 Å². The molecule has 13 rings (SSSR count). The van der Waals surface area contributed by atoms with Gasteiger partial charge >= 0.3 is 0 Å². The Morgan fingerprint density at radius 1 is 0.226 bits per heavy atom. The van der Waals surface area contributed by atoms with Crippen LogP contribution in [0.5, 0.6) is 0 Å². The Morgan fingerprint density at radius 2 is 0.629 bits per heavy atom. The Kier molecular flexibility index (Phi) is 7.64. The van der Waals surface area contributed by atoms with Crippen LogP contribution in [0.4, 0.5) is 0 Å². The Labute approximate surface area is 358 Å². The molecule has 0 aliphatic carbocycles. The van der Waals surface area contributed by atoms with E-state index in [-0.39, 0.29) is 0 Å². The van der Waals surface area contributed by atoms with E-state index >= 15 is 0 Å². The molecule has 13 aromatic rings. The average Bonchev–Trinajstić information content (AvgIpc) is 3.36. The van der Waals surface area contributed by atoms with E-state index in [4.69, 9.17) is 4.98 Å². The standard InChI is InChI=1S/C60H36N2/c1-3-17-45-41(13-1)43-15-5-7-19-47(43)55-33-39(28-30-50(45)55)54-36-59(40-29-31-51-46-18-4-2-14-42(46)44-16-6-8-20-48(44)56(51)34-40)62-60-52-22-10-9-21-49(52)53(35-57(54)60)37-24-26-38(27-25-37)58-23-11-12-32-61-58/h1-36H. The molecule has 0 spiro atoms. The summed E-state index contributed by atoms with van der Waals surface area (Å²) < 4.78 is 0. The molecule has 0 saturated heterocycles. The van der Waals surface area contributed by atoms with Crippen molar-refractivity contribution in [1.82, 2.24) is 9.97 Å². The van der Waals surface area contributed by atoms with E-state index in [9.17, 15) is 0 Å². The highest BCUT2D eigenvalue weighted by Gasteiger charge is 2.19. The first kappa shape index (κ1) is 34.6. The first-order valence-electron chi connectivity index (χ1n) is 21.3. The number of rotatable bonds is 4. The van der Waals surface area contributed by atoms with Crippen LogP contribution < -0.4 is 0 Å². The van der Waals surface area contributed by atoms with Crippen molar-refractivity contribution in [3.8, 4) is 44.8 Å². The van der Waals surface area contributed by atoms with Crippen LogP contribution in [-0.2, 0) is 0 Å². The molecule has 62 heavy (non-hydrogen) atoms. The number of hydrogen-bond donors (Lipinski definition) is 0. The summed E-state index contributed by atoms with van der Waals surface area (Å²) in [6, 6.07) is 77.6. The number of nitrogens with zero attached hydrogens (tertiary/aromatic N) is 2. The maximum absolute atomic E-state index is 5.64. The first-order chi connectivity index (χ1) is 30.7. The van der Waals surface area contributed by atoms with Crippen LogP contribution in [0, 0.1) is 0 Å². The van der Waals surface area contributed by atoms with E-state index in [1.807, 2.05) is 18.3 Å². The lowest BCUT2D eigenvalue weighted by Gasteiger charge is -2.17. The maximum Gasteiger partial charge on any atom is 0.0794 e. The maximum atomic E-state index is 5.64. The highest BCUT2D eigenvalue weighted by Crippen LogP contribution is 2.44. The van der Waals surface area contributed by atoms with Crippen molar-refractivity contribution in [3.63, 3.8) is 0 Å². The second kappa shape index (κ2) is 13.7. The largest absolute Gasteiger partial charge is 0.256 e. The van der Waals surface area contributed by atoms with Crippen molar-refractivity contribution in [2.45, 2.75) is 0 Å². The Hall–Kier alpha value is -8.20. The monoisotopic (exact) mass is 784 g/mol. The van der Waals surface area contributed by atoms with Gasteiger partial charge in [0.2, 0.25) is 0 Å². The molecule has 0 saturated carbocycles. The number of fused-ring (bicyclic) bond motifs is 15. The zero-order chi connectivity index (χ0) is 40.7. The summed E-state index contributed by atoms with van der Waals surface area (Å²) in [5.41, 5.74) is 9.75. The van der Waals surface area contributed by atoms with Gasteiger partial charge in [0, 0.05) is 28.1 Å². The van der Waals surface area contributed by atoms with Crippen LogP contribution in [0.25, 0.3) is 131 Å². The van der Waals surface area contributed by atoms with Gasteiger partial charge in [-0.3, -0.25) is 4.98 Å². The molecule has 286 valence electrons. The third kappa shape index (κ3) is 5.30. The molecule has 2 nitrogen and oxygen atoms in total. The summed E-state index contributed by atoms with van der Waals surface area (Å²) in [4.78, 5) is 10.3. The van der Waals surface area contributed by atoms with Crippen molar-refractivity contribution in [1.29, 1.82) is 0 Å². The minimum Gasteiger partial charge on any atom is -0.256 e. The molecule has 2 heterocycles. The van der Waals surface area contributed by atoms with Crippen LogP contribution in [0.3, 0.4) is 0 Å². The molecule has 0 radical (unpaired) electrons. The molecule has 0 amide bonds. The van der Waals surface area contributed by atoms with Gasteiger partial charge in [-0.15, -0.1) is 0 Å². The third-order valence-electron chi connectivity index (χ3n) is 13.1. The van der Waals surface area contributed by atoms with Crippen LogP contribution >= 0.6 is 0 Å². The van der Waals surface area contributed by atoms with Crippen LogP contribution in [0.1, 0.15) is 0 Å². The van der Waals surface area contributed by atoms with Gasteiger partial charge in [-0.2, -0.15) is 0 Å². The molecule has 0 bridgehead atoms. The summed E-state index contributed by atoms with van der Waals surface area (Å²) in [5.74, 6) is 0. The second-order valence-electron chi connectivity index (χ2n) is 16.4. The van der Waals surface area contributed by atoms with Crippen molar-refractivity contribution < 1.29 is 0 Å². The van der Waals surface area contributed by atoms with Gasteiger partial charge in [-0.05, 0) is 129 Å². The summed E-state index contributed by atoms with van der Waals surface area (Å²) in [6.07, 6.45) is 1.85. The fourth-order valence-electron chi connectivity index (χ4n) is 10.2. The summed E-state index contributed by atoms with van der Waals surface area (Å²) in [7, 11) is 0. The minimum absolute atomic E-state index is 0.952. The van der Waals surface area contributed by atoms with Gasteiger partial charge in [0.05, 0.1) is 16.9 Å². The zero-order valence-corrected chi connectivity index (χ0v) is 33.7. The van der Waals surface area contributed by atoms with Crippen molar-refractivity contribution in [2.75, 3.05) is 0 Å². The molecule has 0 N–H and O–H groups in total. The van der Waals surface area contributed by atoms with Gasteiger partial charge in [-0.25, -0.2) is 4.98 Å². The highest BCUT2D eigenvalue weighted by molar-refractivity contribution is 6.27. The van der Waals surface area contributed by atoms with Gasteiger partial charge in [-0.1, -0.05) is 176 Å². The molecule has 0 fully saturated rings. The van der Waals surface area contributed by atoms with E-state index < -0.39 is 0 Å². The molecular weight excluding hydrogens is 749 g/mol. The van der Waals surface area contributed by atoms with E-state index in [2.05, 4.69) is 205 Å². The lowest BCUT2D eigenvalue weighted by molar-refractivity contribution is 1.33. The number of benzene rings is 11. The number of pyridine rings is 2. The van der Waals surface area contributed by atoms with Crippen LogP contribution in [-0.4, -0.2) is 9.97 Å². The lowest BCUT2D eigenvalue weighted by atomic mass is 9.88. The zero-order valence-electron chi connectivity index (χ0n) is 33.7.